The van der Waals surface area contributed by atoms with Gasteiger partial charge in [-0.15, -0.1) is 0 Å². The van der Waals surface area contributed by atoms with Crippen LogP contribution in [-0.2, 0) is 4.79 Å². The van der Waals surface area contributed by atoms with Crippen LogP contribution in [-0.4, -0.2) is 53.0 Å². The molecule has 1 atom stereocenters. The van der Waals surface area contributed by atoms with E-state index < -0.39 is 0 Å². The van der Waals surface area contributed by atoms with E-state index in [1.807, 2.05) is 6.92 Å². The third-order valence-corrected chi connectivity index (χ3v) is 4.81. The third-order valence-electron chi connectivity index (χ3n) is 4.27. The average Bonchev–Trinajstić information content (AvgIpc) is 2.64. The van der Waals surface area contributed by atoms with Crippen LogP contribution in [0.15, 0.2) is 36.7 Å². The van der Waals surface area contributed by atoms with Crippen LogP contribution < -0.4 is 10.2 Å². The SMILES string of the molecule is C[C@@H](C(=O)Nc1ccc(Cl)cc1Cl)N1CCN(c2ncccn2)CC1. The smallest absolute Gasteiger partial charge is 0.241 e. The largest absolute Gasteiger partial charge is 0.338 e. The molecular formula is C17H19Cl2N5O. The minimum Gasteiger partial charge on any atom is -0.338 e. The molecule has 25 heavy (non-hydrogen) atoms. The molecule has 0 unspecified atom stereocenters. The van der Waals surface area contributed by atoms with Crippen LogP contribution in [0.4, 0.5) is 11.6 Å². The van der Waals surface area contributed by atoms with E-state index in [0.717, 1.165) is 32.1 Å². The lowest BCUT2D eigenvalue weighted by Crippen LogP contribution is -2.53. The summed E-state index contributed by atoms with van der Waals surface area (Å²) in [4.78, 5) is 25.3. The van der Waals surface area contributed by atoms with Crippen molar-refractivity contribution in [1.29, 1.82) is 0 Å². The summed E-state index contributed by atoms with van der Waals surface area (Å²) in [5, 5.41) is 3.83. The number of anilines is 2. The zero-order valence-corrected chi connectivity index (χ0v) is 15.3. The fourth-order valence-corrected chi connectivity index (χ4v) is 3.21. The molecule has 1 amide bonds. The quantitative estimate of drug-likeness (QED) is 0.884. The van der Waals surface area contributed by atoms with Crippen molar-refractivity contribution in [3.05, 3.63) is 46.7 Å². The molecule has 1 aromatic heterocycles. The molecule has 1 aliphatic heterocycles. The van der Waals surface area contributed by atoms with Gasteiger partial charge >= 0.3 is 0 Å². The highest BCUT2D eigenvalue weighted by molar-refractivity contribution is 6.36. The molecule has 6 nitrogen and oxygen atoms in total. The zero-order chi connectivity index (χ0) is 17.8. The lowest BCUT2D eigenvalue weighted by Gasteiger charge is -2.37. The summed E-state index contributed by atoms with van der Waals surface area (Å²) in [6.45, 7) is 4.99. The van der Waals surface area contributed by atoms with Gasteiger partial charge in [-0.3, -0.25) is 9.69 Å². The number of nitrogens with zero attached hydrogens (tertiary/aromatic N) is 4. The molecule has 2 aromatic rings. The van der Waals surface area contributed by atoms with Gasteiger partial charge in [-0.1, -0.05) is 23.2 Å². The molecule has 0 radical (unpaired) electrons. The maximum atomic E-state index is 12.5. The Bertz CT molecular complexity index is 735. The summed E-state index contributed by atoms with van der Waals surface area (Å²) >= 11 is 12.0. The van der Waals surface area contributed by atoms with Crippen molar-refractivity contribution in [1.82, 2.24) is 14.9 Å². The first kappa shape index (κ1) is 17.9. The summed E-state index contributed by atoms with van der Waals surface area (Å²) in [5.41, 5.74) is 0.569. The Balaban J connectivity index is 1.56. The number of halogens is 2. The molecule has 1 aliphatic rings. The van der Waals surface area contributed by atoms with Crippen molar-refractivity contribution >= 4 is 40.7 Å². The van der Waals surface area contributed by atoms with Gasteiger partial charge in [0, 0.05) is 43.6 Å². The van der Waals surface area contributed by atoms with Gasteiger partial charge < -0.3 is 10.2 Å². The van der Waals surface area contributed by atoms with Gasteiger partial charge in [-0.25, -0.2) is 9.97 Å². The van der Waals surface area contributed by atoms with Crippen LogP contribution in [0.5, 0.6) is 0 Å². The molecule has 3 rings (SSSR count). The highest BCUT2D eigenvalue weighted by atomic mass is 35.5. The molecule has 1 aromatic carbocycles. The van der Waals surface area contributed by atoms with Crippen molar-refractivity contribution in [2.24, 2.45) is 0 Å². The Kier molecular flexibility index (Phi) is 5.73. The highest BCUT2D eigenvalue weighted by Crippen LogP contribution is 2.25. The second-order valence-electron chi connectivity index (χ2n) is 5.86. The number of aromatic nitrogens is 2. The van der Waals surface area contributed by atoms with E-state index in [-0.39, 0.29) is 11.9 Å². The monoisotopic (exact) mass is 379 g/mol. The van der Waals surface area contributed by atoms with E-state index in [2.05, 4.69) is 25.1 Å². The predicted molar refractivity (Wildman–Crippen MR) is 100 cm³/mol. The van der Waals surface area contributed by atoms with Crippen LogP contribution in [0, 0.1) is 0 Å². The Labute approximate surface area is 156 Å². The minimum atomic E-state index is -0.259. The number of hydrogen-bond donors (Lipinski definition) is 1. The Hall–Kier alpha value is -1.89. The van der Waals surface area contributed by atoms with Crippen molar-refractivity contribution < 1.29 is 4.79 Å². The van der Waals surface area contributed by atoms with Gasteiger partial charge in [-0.2, -0.15) is 0 Å². The van der Waals surface area contributed by atoms with Crippen LogP contribution in [0.1, 0.15) is 6.92 Å². The molecule has 0 saturated carbocycles. The molecule has 1 N–H and O–H groups in total. The van der Waals surface area contributed by atoms with Gasteiger partial charge in [0.15, 0.2) is 0 Å². The number of benzene rings is 1. The van der Waals surface area contributed by atoms with Crippen molar-refractivity contribution in [2.75, 3.05) is 36.4 Å². The lowest BCUT2D eigenvalue weighted by molar-refractivity contribution is -0.120. The summed E-state index contributed by atoms with van der Waals surface area (Å²) in [7, 11) is 0. The first-order chi connectivity index (χ1) is 12.0. The second kappa shape index (κ2) is 7.99. The van der Waals surface area contributed by atoms with Crippen molar-refractivity contribution in [3.63, 3.8) is 0 Å². The van der Waals surface area contributed by atoms with Gasteiger partial charge in [0.1, 0.15) is 0 Å². The average molecular weight is 380 g/mol. The Morgan fingerprint density at radius 3 is 2.48 bits per heavy atom. The number of rotatable bonds is 4. The van der Waals surface area contributed by atoms with Crippen LogP contribution in [0.3, 0.4) is 0 Å². The predicted octanol–water partition coefficient (Wildman–Crippen LogP) is 2.93. The van der Waals surface area contributed by atoms with Crippen LogP contribution in [0.25, 0.3) is 0 Å². The van der Waals surface area contributed by atoms with Gasteiger partial charge in [0.25, 0.3) is 0 Å². The third kappa shape index (κ3) is 4.39. The van der Waals surface area contributed by atoms with Crippen LogP contribution >= 0.6 is 23.2 Å². The number of piperazine rings is 1. The standard InChI is InChI=1S/C17H19Cl2N5O/c1-12(16(25)22-15-4-3-13(18)11-14(15)19)23-7-9-24(10-8-23)17-20-5-2-6-21-17/h2-6,11-12H,7-10H2,1H3,(H,22,25)/t12-/m0/s1. The number of carbonyl (C=O) groups is 1. The molecule has 0 aliphatic carbocycles. The maximum Gasteiger partial charge on any atom is 0.241 e. The van der Waals surface area contributed by atoms with Crippen molar-refractivity contribution in [2.45, 2.75) is 13.0 Å². The molecule has 132 valence electrons. The first-order valence-electron chi connectivity index (χ1n) is 8.06. The van der Waals surface area contributed by atoms with Gasteiger partial charge in [0.05, 0.1) is 16.8 Å². The van der Waals surface area contributed by atoms with E-state index in [0.29, 0.717) is 15.7 Å². The van der Waals surface area contributed by atoms with E-state index in [4.69, 9.17) is 23.2 Å². The number of amides is 1. The van der Waals surface area contributed by atoms with E-state index >= 15 is 0 Å². The molecule has 0 spiro atoms. The van der Waals surface area contributed by atoms with E-state index in [1.165, 1.54) is 0 Å². The molecule has 1 saturated heterocycles. The van der Waals surface area contributed by atoms with Gasteiger partial charge in [-0.05, 0) is 31.2 Å². The number of carbonyl (C=O) groups excluding carboxylic acids is 1. The fourth-order valence-electron chi connectivity index (χ4n) is 2.76. The minimum absolute atomic E-state index is 0.0892. The summed E-state index contributed by atoms with van der Waals surface area (Å²) in [6, 6.07) is 6.56. The molecular weight excluding hydrogens is 361 g/mol. The Morgan fingerprint density at radius 1 is 1.16 bits per heavy atom. The summed E-state index contributed by atoms with van der Waals surface area (Å²) in [6.07, 6.45) is 3.47. The van der Waals surface area contributed by atoms with Gasteiger partial charge in [0.2, 0.25) is 11.9 Å². The molecule has 1 fully saturated rings. The highest BCUT2D eigenvalue weighted by Gasteiger charge is 2.26. The van der Waals surface area contributed by atoms with Crippen molar-refractivity contribution in [3.8, 4) is 0 Å². The second-order valence-corrected chi connectivity index (χ2v) is 6.70. The first-order valence-corrected chi connectivity index (χ1v) is 8.82. The molecule has 0 bridgehead atoms. The van der Waals surface area contributed by atoms with E-state index in [1.54, 1.807) is 36.7 Å². The molecule has 8 heteroatoms. The summed E-state index contributed by atoms with van der Waals surface area (Å²) < 4.78 is 0. The number of nitrogens with one attached hydrogen (secondary N) is 1. The maximum absolute atomic E-state index is 12.5. The fraction of sp³-hybridized carbons (Fsp3) is 0.353. The van der Waals surface area contributed by atoms with E-state index in [9.17, 15) is 4.79 Å². The topological polar surface area (TPSA) is 61.4 Å². The molecule has 2 heterocycles. The number of hydrogen-bond acceptors (Lipinski definition) is 5. The lowest BCUT2D eigenvalue weighted by atomic mass is 10.2. The normalized spacial score (nSPS) is 16.5. The zero-order valence-electron chi connectivity index (χ0n) is 13.8. The summed E-state index contributed by atoms with van der Waals surface area (Å²) in [5.74, 6) is 0.640. The van der Waals surface area contributed by atoms with Crippen LogP contribution in [0.2, 0.25) is 10.0 Å². The Morgan fingerprint density at radius 2 is 1.84 bits per heavy atom.